The highest BCUT2D eigenvalue weighted by Gasteiger charge is 2.31. The van der Waals surface area contributed by atoms with E-state index < -0.39 is 6.36 Å². The van der Waals surface area contributed by atoms with Gasteiger partial charge in [-0.1, -0.05) is 36.4 Å². The van der Waals surface area contributed by atoms with Crippen molar-refractivity contribution in [3.05, 3.63) is 83.9 Å². The molecule has 7 nitrogen and oxygen atoms in total. The van der Waals surface area contributed by atoms with Crippen LogP contribution in [0.5, 0.6) is 11.5 Å². The van der Waals surface area contributed by atoms with Crippen LogP contribution in [0, 0.1) is 6.92 Å². The summed E-state index contributed by atoms with van der Waals surface area (Å²) in [6, 6.07) is 19.6. The number of carbonyl (C=O) groups excluding carboxylic acids is 2. The Hall–Kier alpha value is -4.21. The van der Waals surface area contributed by atoms with E-state index in [2.05, 4.69) is 10.1 Å². The Labute approximate surface area is 212 Å². The first kappa shape index (κ1) is 25.9. The predicted molar refractivity (Wildman–Crippen MR) is 133 cm³/mol. The number of halogens is 3. The molecule has 10 heteroatoms. The summed E-state index contributed by atoms with van der Waals surface area (Å²) in [6.45, 7) is 2.87. The zero-order valence-electron chi connectivity index (χ0n) is 20.1. The van der Waals surface area contributed by atoms with Gasteiger partial charge < -0.3 is 19.7 Å². The van der Waals surface area contributed by atoms with Crippen LogP contribution in [-0.4, -0.2) is 42.9 Å². The summed E-state index contributed by atoms with van der Waals surface area (Å²) in [4.78, 5) is 29.2. The number of urea groups is 1. The van der Waals surface area contributed by atoms with E-state index >= 15 is 0 Å². The van der Waals surface area contributed by atoms with Crippen molar-refractivity contribution in [1.29, 1.82) is 0 Å². The fraction of sp³-hybridized carbons (Fsp3) is 0.259. The van der Waals surface area contributed by atoms with Gasteiger partial charge in [-0.15, -0.1) is 13.2 Å². The SMILES string of the molecule is Cc1ccc(N2CCCN(Cc3ccc(OC(F)(F)F)cc3)C2=O)c(NC(=O)COc2ccccc2)c1. The van der Waals surface area contributed by atoms with Crippen LogP contribution in [0.15, 0.2) is 72.8 Å². The molecule has 3 aromatic rings. The second-order valence-corrected chi connectivity index (χ2v) is 8.57. The smallest absolute Gasteiger partial charge is 0.484 e. The molecule has 1 aliphatic rings. The maximum atomic E-state index is 13.4. The number of para-hydroxylation sites is 1. The van der Waals surface area contributed by atoms with E-state index in [1.165, 1.54) is 24.3 Å². The molecule has 0 saturated carbocycles. The third-order valence-corrected chi connectivity index (χ3v) is 5.67. The molecule has 0 aliphatic carbocycles. The van der Waals surface area contributed by atoms with Gasteiger partial charge >= 0.3 is 12.4 Å². The number of nitrogens with one attached hydrogen (secondary N) is 1. The van der Waals surface area contributed by atoms with Crippen LogP contribution in [0.2, 0.25) is 0 Å². The average Bonchev–Trinajstić information content (AvgIpc) is 2.85. The molecule has 3 amide bonds. The van der Waals surface area contributed by atoms with E-state index in [9.17, 15) is 22.8 Å². The molecular formula is C27H26F3N3O4. The number of anilines is 2. The van der Waals surface area contributed by atoms with Crippen LogP contribution >= 0.6 is 0 Å². The summed E-state index contributed by atoms with van der Waals surface area (Å²) < 4.78 is 46.7. The Morgan fingerprint density at radius 3 is 2.41 bits per heavy atom. The summed E-state index contributed by atoms with van der Waals surface area (Å²) in [5.41, 5.74) is 2.62. The highest BCUT2D eigenvalue weighted by atomic mass is 19.4. The Bertz CT molecular complexity index is 1230. The van der Waals surface area contributed by atoms with E-state index in [-0.39, 0.29) is 30.8 Å². The molecule has 1 heterocycles. The molecule has 0 aromatic heterocycles. The fourth-order valence-electron chi connectivity index (χ4n) is 4.01. The number of hydrogen-bond donors (Lipinski definition) is 1. The Morgan fingerprint density at radius 2 is 1.70 bits per heavy atom. The van der Waals surface area contributed by atoms with Gasteiger partial charge in [-0.3, -0.25) is 9.69 Å². The number of alkyl halides is 3. The lowest BCUT2D eigenvalue weighted by Crippen LogP contribution is -2.49. The zero-order chi connectivity index (χ0) is 26.4. The number of rotatable bonds is 8. The predicted octanol–water partition coefficient (Wildman–Crippen LogP) is 5.74. The molecule has 0 atom stereocenters. The summed E-state index contributed by atoms with van der Waals surface area (Å²) in [6.07, 6.45) is -4.08. The summed E-state index contributed by atoms with van der Waals surface area (Å²) in [5, 5.41) is 2.85. The molecule has 3 aromatic carbocycles. The maximum Gasteiger partial charge on any atom is 0.573 e. The number of benzene rings is 3. The van der Waals surface area contributed by atoms with Crippen molar-refractivity contribution < 1.29 is 32.2 Å². The molecule has 37 heavy (non-hydrogen) atoms. The number of aryl methyl sites for hydroxylation is 1. The molecule has 0 unspecified atom stereocenters. The Kier molecular flexibility index (Phi) is 7.86. The second-order valence-electron chi connectivity index (χ2n) is 8.57. The number of hydrogen-bond acceptors (Lipinski definition) is 4. The van der Waals surface area contributed by atoms with E-state index in [0.29, 0.717) is 42.2 Å². The lowest BCUT2D eigenvalue weighted by molar-refractivity contribution is -0.274. The maximum absolute atomic E-state index is 13.4. The van der Waals surface area contributed by atoms with Gasteiger partial charge in [0.15, 0.2) is 6.61 Å². The normalized spacial score (nSPS) is 13.9. The van der Waals surface area contributed by atoms with Gasteiger partial charge in [0, 0.05) is 19.6 Å². The molecule has 1 N–H and O–H groups in total. The van der Waals surface area contributed by atoms with Crippen LogP contribution < -0.4 is 19.7 Å². The third-order valence-electron chi connectivity index (χ3n) is 5.67. The van der Waals surface area contributed by atoms with Gasteiger partial charge in [0.05, 0.1) is 11.4 Å². The number of ether oxygens (including phenoxy) is 2. The monoisotopic (exact) mass is 513 g/mol. The van der Waals surface area contributed by atoms with Gasteiger partial charge in [0.1, 0.15) is 11.5 Å². The van der Waals surface area contributed by atoms with Crippen LogP contribution in [-0.2, 0) is 11.3 Å². The minimum Gasteiger partial charge on any atom is -0.484 e. The van der Waals surface area contributed by atoms with E-state index in [4.69, 9.17) is 4.74 Å². The summed E-state index contributed by atoms with van der Waals surface area (Å²) >= 11 is 0. The van der Waals surface area contributed by atoms with Crippen molar-refractivity contribution in [2.24, 2.45) is 0 Å². The first-order chi connectivity index (χ1) is 17.7. The van der Waals surface area contributed by atoms with Gasteiger partial charge in [0.25, 0.3) is 5.91 Å². The molecule has 1 saturated heterocycles. The minimum atomic E-state index is -4.76. The minimum absolute atomic E-state index is 0.189. The van der Waals surface area contributed by atoms with E-state index in [0.717, 1.165) is 5.56 Å². The number of amides is 3. The van der Waals surface area contributed by atoms with Crippen LogP contribution in [0.25, 0.3) is 0 Å². The van der Waals surface area contributed by atoms with Crippen LogP contribution in [0.4, 0.5) is 29.3 Å². The largest absolute Gasteiger partial charge is 0.573 e. The molecule has 1 fully saturated rings. The number of carbonyl (C=O) groups is 2. The summed E-state index contributed by atoms with van der Waals surface area (Å²) in [5.74, 6) is -0.112. The molecule has 1 aliphatic heterocycles. The highest BCUT2D eigenvalue weighted by Crippen LogP contribution is 2.31. The second kappa shape index (κ2) is 11.2. The zero-order valence-corrected chi connectivity index (χ0v) is 20.1. The number of nitrogens with zero attached hydrogens (tertiary/aromatic N) is 2. The summed E-state index contributed by atoms with van der Waals surface area (Å²) in [7, 11) is 0. The highest BCUT2D eigenvalue weighted by molar-refractivity contribution is 6.01. The molecule has 4 rings (SSSR count). The van der Waals surface area contributed by atoms with Crippen molar-refractivity contribution in [3.8, 4) is 11.5 Å². The lowest BCUT2D eigenvalue weighted by Gasteiger charge is -2.36. The third kappa shape index (κ3) is 7.16. The average molecular weight is 514 g/mol. The Morgan fingerprint density at radius 1 is 0.973 bits per heavy atom. The van der Waals surface area contributed by atoms with Gasteiger partial charge in [0.2, 0.25) is 0 Å². The Balaban J connectivity index is 1.44. The standard InChI is InChI=1S/C27H26F3N3O4/c1-19-8-13-24(23(16-19)31-25(34)18-36-21-6-3-2-4-7-21)33-15-5-14-32(26(33)35)17-20-9-11-22(12-10-20)37-27(28,29)30/h2-4,6-13,16H,5,14-15,17-18H2,1H3,(H,31,34). The molecule has 0 bridgehead atoms. The van der Waals surface area contributed by atoms with Gasteiger partial charge in [-0.2, -0.15) is 0 Å². The van der Waals surface area contributed by atoms with Gasteiger partial charge in [-0.05, 0) is 60.9 Å². The topological polar surface area (TPSA) is 71.1 Å². The molecule has 194 valence electrons. The van der Waals surface area contributed by atoms with E-state index in [1.807, 2.05) is 31.2 Å². The van der Waals surface area contributed by atoms with Crippen molar-refractivity contribution in [1.82, 2.24) is 4.90 Å². The molecule has 0 spiro atoms. The van der Waals surface area contributed by atoms with Crippen molar-refractivity contribution in [2.75, 3.05) is 29.9 Å². The van der Waals surface area contributed by atoms with Crippen molar-refractivity contribution >= 4 is 23.3 Å². The van der Waals surface area contributed by atoms with Crippen LogP contribution in [0.1, 0.15) is 17.5 Å². The van der Waals surface area contributed by atoms with Crippen molar-refractivity contribution in [3.63, 3.8) is 0 Å². The fourth-order valence-corrected chi connectivity index (χ4v) is 4.01. The quantitative estimate of drug-likeness (QED) is 0.417. The lowest BCUT2D eigenvalue weighted by atomic mass is 10.1. The first-order valence-corrected chi connectivity index (χ1v) is 11.7. The van der Waals surface area contributed by atoms with Crippen molar-refractivity contribution in [2.45, 2.75) is 26.3 Å². The molecule has 0 radical (unpaired) electrons. The van der Waals surface area contributed by atoms with Gasteiger partial charge in [-0.25, -0.2) is 4.79 Å². The van der Waals surface area contributed by atoms with Crippen LogP contribution in [0.3, 0.4) is 0 Å². The first-order valence-electron chi connectivity index (χ1n) is 11.7. The van der Waals surface area contributed by atoms with E-state index in [1.54, 1.807) is 34.1 Å². The molecular weight excluding hydrogens is 487 g/mol.